The van der Waals surface area contributed by atoms with Crippen LogP contribution in [0.25, 0.3) is 0 Å². The molecule has 6 heteroatoms. The van der Waals surface area contributed by atoms with Crippen molar-refractivity contribution in [3.63, 3.8) is 0 Å². The van der Waals surface area contributed by atoms with Crippen LogP contribution in [0.1, 0.15) is 44.3 Å². The molecular weight excluding hydrogens is 288 g/mol. The Morgan fingerprint density at radius 1 is 1.33 bits per heavy atom. The molecule has 0 fully saturated rings. The van der Waals surface area contributed by atoms with Crippen molar-refractivity contribution in [2.75, 3.05) is 18.5 Å². The largest absolute Gasteiger partial charge is 0.406 e. The highest BCUT2D eigenvalue weighted by Crippen LogP contribution is 2.26. The summed E-state index contributed by atoms with van der Waals surface area (Å²) in [6.07, 6.45) is 0. The summed E-state index contributed by atoms with van der Waals surface area (Å²) in [6.45, 7) is 6.97. The fraction of sp³-hybridized carbons (Fsp3) is 0.467. The molecule has 0 radical (unpaired) electrons. The number of benzene rings is 1. The van der Waals surface area contributed by atoms with E-state index in [1.807, 2.05) is 50.1 Å². The molecule has 2 aromatic rings. The zero-order valence-corrected chi connectivity index (χ0v) is 13.6. The van der Waals surface area contributed by atoms with E-state index in [1.54, 1.807) is 0 Å². The van der Waals surface area contributed by atoms with Gasteiger partial charge in [0.2, 0.25) is 5.89 Å². The summed E-state index contributed by atoms with van der Waals surface area (Å²) in [5.74, 6) is 0.594. The molecule has 0 spiro atoms. The molecular formula is C15H21ClN4O. The fourth-order valence-electron chi connectivity index (χ4n) is 2.09. The van der Waals surface area contributed by atoms with E-state index in [1.165, 1.54) is 0 Å². The SMILES string of the molecule is CCNC(C)c1nnc(N(C)C(C)c2cccc(Cl)c2)o1. The van der Waals surface area contributed by atoms with Gasteiger partial charge >= 0.3 is 6.01 Å². The maximum atomic E-state index is 6.04. The van der Waals surface area contributed by atoms with Crippen molar-refractivity contribution < 1.29 is 4.42 Å². The highest BCUT2D eigenvalue weighted by molar-refractivity contribution is 6.30. The van der Waals surface area contributed by atoms with E-state index in [4.69, 9.17) is 16.0 Å². The quantitative estimate of drug-likeness (QED) is 0.883. The number of halogens is 1. The lowest BCUT2D eigenvalue weighted by molar-refractivity contribution is 0.417. The molecule has 114 valence electrons. The Morgan fingerprint density at radius 2 is 2.10 bits per heavy atom. The highest BCUT2D eigenvalue weighted by Gasteiger charge is 2.20. The maximum absolute atomic E-state index is 6.04. The lowest BCUT2D eigenvalue weighted by atomic mass is 10.1. The second kappa shape index (κ2) is 6.91. The molecule has 1 aromatic carbocycles. The third kappa shape index (κ3) is 3.74. The number of nitrogens with zero attached hydrogens (tertiary/aromatic N) is 3. The van der Waals surface area contributed by atoms with Gasteiger partial charge in [0, 0.05) is 12.1 Å². The molecule has 2 rings (SSSR count). The maximum Gasteiger partial charge on any atom is 0.318 e. The van der Waals surface area contributed by atoms with Crippen LogP contribution in [-0.4, -0.2) is 23.8 Å². The minimum absolute atomic E-state index is 0.0473. The molecule has 0 aliphatic rings. The predicted molar refractivity (Wildman–Crippen MR) is 84.7 cm³/mol. The summed E-state index contributed by atoms with van der Waals surface area (Å²) in [6, 6.07) is 8.42. The molecule has 0 aliphatic carbocycles. The average molecular weight is 309 g/mol. The third-order valence-electron chi connectivity index (χ3n) is 3.52. The fourth-order valence-corrected chi connectivity index (χ4v) is 2.29. The summed E-state index contributed by atoms with van der Waals surface area (Å²) in [5.41, 5.74) is 1.10. The van der Waals surface area contributed by atoms with E-state index in [-0.39, 0.29) is 12.1 Å². The predicted octanol–water partition coefficient (Wildman–Crippen LogP) is 3.59. The Balaban J connectivity index is 2.14. The molecule has 1 heterocycles. The normalized spacial score (nSPS) is 14.0. The van der Waals surface area contributed by atoms with Crippen LogP contribution < -0.4 is 10.2 Å². The molecule has 1 N–H and O–H groups in total. The molecule has 0 amide bonds. The van der Waals surface area contributed by atoms with Gasteiger partial charge in [-0.25, -0.2) is 0 Å². The van der Waals surface area contributed by atoms with Gasteiger partial charge in [-0.15, -0.1) is 5.10 Å². The van der Waals surface area contributed by atoms with Crippen molar-refractivity contribution in [3.05, 3.63) is 40.7 Å². The van der Waals surface area contributed by atoms with Crippen molar-refractivity contribution in [1.29, 1.82) is 0 Å². The van der Waals surface area contributed by atoms with Gasteiger partial charge in [0.15, 0.2) is 0 Å². The Kier molecular flexibility index (Phi) is 5.20. The second-order valence-electron chi connectivity index (χ2n) is 5.04. The first kappa shape index (κ1) is 15.8. The van der Waals surface area contributed by atoms with Crippen LogP contribution in [0.2, 0.25) is 5.02 Å². The Bertz CT molecular complexity index is 587. The molecule has 0 saturated carbocycles. The smallest absolute Gasteiger partial charge is 0.318 e. The Morgan fingerprint density at radius 3 is 2.76 bits per heavy atom. The summed E-state index contributed by atoms with van der Waals surface area (Å²) >= 11 is 6.04. The second-order valence-corrected chi connectivity index (χ2v) is 5.48. The van der Waals surface area contributed by atoms with Crippen molar-refractivity contribution in [2.24, 2.45) is 0 Å². The molecule has 2 unspecified atom stereocenters. The number of aromatic nitrogens is 2. The molecule has 1 aromatic heterocycles. The zero-order valence-electron chi connectivity index (χ0n) is 12.8. The first-order chi connectivity index (χ1) is 10.0. The number of anilines is 1. The van der Waals surface area contributed by atoms with E-state index in [9.17, 15) is 0 Å². The molecule has 5 nitrogen and oxygen atoms in total. The summed E-state index contributed by atoms with van der Waals surface area (Å²) in [7, 11) is 1.93. The van der Waals surface area contributed by atoms with E-state index in [0.717, 1.165) is 17.1 Å². The van der Waals surface area contributed by atoms with Crippen LogP contribution in [0.5, 0.6) is 0 Å². The van der Waals surface area contributed by atoms with Crippen molar-refractivity contribution >= 4 is 17.6 Å². The van der Waals surface area contributed by atoms with Crippen LogP contribution >= 0.6 is 11.6 Å². The van der Waals surface area contributed by atoms with E-state index in [2.05, 4.69) is 22.4 Å². The van der Waals surface area contributed by atoms with Crippen molar-refractivity contribution in [2.45, 2.75) is 32.9 Å². The number of hydrogen-bond acceptors (Lipinski definition) is 5. The molecule has 2 atom stereocenters. The monoisotopic (exact) mass is 308 g/mol. The number of rotatable bonds is 6. The zero-order chi connectivity index (χ0) is 15.4. The lowest BCUT2D eigenvalue weighted by Crippen LogP contribution is -2.22. The van der Waals surface area contributed by atoms with Gasteiger partial charge in [-0.2, -0.15) is 0 Å². The van der Waals surface area contributed by atoms with Crippen LogP contribution in [0.3, 0.4) is 0 Å². The van der Waals surface area contributed by atoms with Gasteiger partial charge in [0.05, 0.1) is 12.1 Å². The van der Waals surface area contributed by atoms with Crippen molar-refractivity contribution in [1.82, 2.24) is 15.5 Å². The third-order valence-corrected chi connectivity index (χ3v) is 3.76. The van der Waals surface area contributed by atoms with Gasteiger partial charge in [0.1, 0.15) is 0 Å². The minimum atomic E-state index is 0.0473. The van der Waals surface area contributed by atoms with Crippen molar-refractivity contribution in [3.8, 4) is 0 Å². The highest BCUT2D eigenvalue weighted by atomic mass is 35.5. The molecule has 0 bridgehead atoms. The standard InChI is InChI=1S/C15H21ClN4O/c1-5-17-10(2)14-18-19-15(21-14)20(4)11(3)12-7-6-8-13(16)9-12/h6-11,17H,5H2,1-4H3. The summed E-state index contributed by atoms with van der Waals surface area (Å²) in [4.78, 5) is 1.95. The lowest BCUT2D eigenvalue weighted by Gasteiger charge is -2.23. The molecule has 0 aliphatic heterocycles. The van der Waals surface area contributed by atoms with Crippen LogP contribution in [-0.2, 0) is 0 Å². The summed E-state index contributed by atoms with van der Waals surface area (Å²) < 4.78 is 5.74. The first-order valence-corrected chi connectivity index (χ1v) is 7.45. The van der Waals surface area contributed by atoms with Gasteiger partial charge in [-0.3, -0.25) is 0 Å². The van der Waals surface area contributed by atoms with Gasteiger partial charge in [-0.05, 0) is 38.1 Å². The Hall–Kier alpha value is -1.59. The van der Waals surface area contributed by atoms with Gasteiger partial charge in [0.25, 0.3) is 0 Å². The van der Waals surface area contributed by atoms with Crippen LogP contribution in [0.4, 0.5) is 6.01 Å². The van der Waals surface area contributed by atoms with E-state index in [0.29, 0.717) is 11.9 Å². The molecule has 21 heavy (non-hydrogen) atoms. The summed E-state index contributed by atoms with van der Waals surface area (Å²) in [5, 5.41) is 12.2. The van der Waals surface area contributed by atoms with E-state index < -0.39 is 0 Å². The van der Waals surface area contributed by atoms with Gasteiger partial charge in [-0.1, -0.05) is 35.8 Å². The minimum Gasteiger partial charge on any atom is -0.406 e. The number of nitrogens with one attached hydrogen (secondary N) is 1. The van der Waals surface area contributed by atoms with Crippen LogP contribution in [0, 0.1) is 0 Å². The topological polar surface area (TPSA) is 54.2 Å². The Labute approximate surface area is 130 Å². The first-order valence-electron chi connectivity index (χ1n) is 7.08. The molecule has 0 saturated heterocycles. The number of hydrogen-bond donors (Lipinski definition) is 1. The van der Waals surface area contributed by atoms with Crippen LogP contribution in [0.15, 0.2) is 28.7 Å². The average Bonchev–Trinajstić information content (AvgIpc) is 2.96. The van der Waals surface area contributed by atoms with E-state index >= 15 is 0 Å². The van der Waals surface area contributed by atoms with Gasteiger partial charge < -0.3 is 14.6 Å².